The summed E-state index contributed by atoms with van der Waals surface area (Å²) in [5, 5.41) is 11.3. The van der Waals surface area contributed by atoms with Crippen LogP contribution in [0.5, 0.6) is 0 Å². The molecule has 2 aromatic rings. The molecule has 132 valence electrons. The molecule has 25 heavy (non-hydrogen) atoms. The molecule has 0 unspecified atom stereocenters. The van der Waals surface area contributed by atoms with Gasteiger partial charge in [0.05, 0.1) is 18.7 Å². The molecular weight excluding hydrogens is 322 g/mol. The molecule has 2 amide bonds. The molecule has 0 spiro atoms. The number of hydrogen-bond donors (Lipinski definition) is 1. The Morgan fingerprint density at radius 2 is 2.28 bits per heavy atom. The summed E-state index contributed by atoms with van der Waals surface area (Å²) in [5.41, 5.74) is 0. The topological polar surface area (TPSA) is 93.3 Å². The monoisotopic (exact) mass is 343 g/mol. The average Bonchev–Trinajstić information content (AvgIpc) is 3.31. The Morgan fingerprint density at radius 1 is 1.40 bits per heavy atom. The van der Waals surface area contributed by atoms with Gasteiger partial charge >= 0.3 is 0 Å². The van der Waals surface area contributed by atoms with Crippen LogP contribution in [-0.2, 0) is 29.1 Å². The predicted octanol–water partition coefficient (Wildman–Crippen LogP) is 0.659. The molecule has 0 aliphatic carbocycles. The zero-order valence-electron chi connectivity index (χ0n) is 14.1. The lowest BCUT2D eigenvalue weighted by Gasteiger charge is -2.26. The molecule has 2 aromatic heterocycles. The van der Waals surface area contributed by atoms with Gasteiger partial charge in [0.15, 0.2) is 0 Å². The highest BCUT2D eigenvalue weighted by molar-refractivity contribution is 5.89. The highest BCUT2D eigenvalue weighted by atomic mass is 16.3. The molecule has 2 aliphatic rings. The number of rotatable bonds is 4. The maximum Gasteiger partial charge on any atom is 0.225 e. The van der Waals surface area contributed by atoms with Gasteiger partial charge in [-0.3, -0.25) is 9.59 Å². The Morgan fingerprint density at radius 3 is 3.08 bits per heavy atom. The minimum atomic E-state index is -0.300. The number of likely N-dealkylation sites (tertiary alicyclic amines) is 1. The second-order valence-corrected chi connectivity index (χ2v) is 6.77. The molecule has 4 heterocycles. The summed E-state index contributed by atoms with van der Waals surface area (Å²) in [7, 11) is 0. The number of carbonyl (C=O) groups excluding carboxylic acids is 2. The molecule has 8 heteroatoms. The first-order valence-corrected chi connectivity index (χ1v) is 8.59. The van der Waals surface area contributed by atoms with E-state index in [1.165, 1.54) is 0 Å². The van der Waals surface area contributed by atoms with Crippen molar-refractivity contribution in [3.63, 3.8) is 0 Å². The smallest absolute Gasteiger partial charge is 0.225 e. The van der Waals surface area contributed by atoms with Gasteiger partial charge in [-0.1, -0.05) is 0 Å². The van der Waals surface area contributed by atoms with Crippen molar-refractivity contribution >= 4 is 11.8 Å². The number of nitrogens with one attached hydrogen (secondary N) is 1. The van der Waals surface area contributed by atoms with Crippen LogP contribution in [0.3, 0.4) is 0 Å². The van der Waals surface area contributed by atoms with Gasteiger partial charge in [0, 0.05) is 32.0 Å². The average molecular weight is 343 g/mol. The number of furan rings is 1. The normalized spacial score (nSPS) is 22.9. The first-order valence-electron chi connectivity index (χ1n) is 8.59. The SMILES string of the molecule is Cc1nnc2n1C[C@@H](NC(=O)[C@H]1CC(=O)N(Cc3ccco3)C1)CC2. The number of aryl methyl sites for hydroxylation is 2. The van der Waals surface area contributed by atoms with E-state index >= 15 is 0 Å². The van der Waals surface area contributed by atoms with E-state index in [1.54, 1.807) is 17.2 Å². The summed E-state index contributed by atoms with van der Waals surface area (Å²) in [6.07, 6.45) is 3.50. The molecule has 2 aliphatic heterocycles. The maximum absolute atomic E-state index is 12.6. The summed E-state index contributed by atoms with van der Waals surface area (Å²) < 4.78 is 7.34. The van der Waals surface area contributed by atoms with E-state index in [0.29, 0.717) is 19.6 Å². The van der Waals surface area contributed by atoms with Gasteiger partial charge in [0.25, 0.3) is 0 Å². The lowest BCUT2D eigenvalue weighted by Crippen LogP contribution is -2.44. The zero-order chi connectivity index (χ0) is 17.4. The van der Waals surface area contributed by atoms with E-state index in [0.717, 1.165) is 30.3 Å². The van der Waals surface area contributed by atoms with Crippen LogP contribution in [0.2, 0.25) is 0 Å². The lowest BCUT2D eigenvalue weighted by atomic mass is 10.0. The fourth-order valence-electron chi connectivity index (χ4n) is 3.59. The lowest BCUT2D eigenvalue weighted by molar-refractivity contribution is -0.129. The zero-order valence-corrected chi connectivity index (χ0v) is 14.1. The Hall–Kier alpha value is -2.64. The van der Waals surface area contributed by atoms with Crippen LogP contribution < -0.4 is 5.32 Å². The second kappa shape index (κ2) is 6.34. The van der Waals surface area contributed by atoms with Crippen molar-refractivity contribution in [3.05, 3.63) is 35.8 Å². The molecule has 1 N–H and O–H groups in total. The highest BCUT2D eigenvalue weighted by Crippen LogP contribution is 2.22. The minimum Gasteiger partial charge on any atom is -0.467 e. The third kappa shape index (κ3) is 3.16. The molecule has 2 atom stereocenters. The highest BCUT2D eigenvalue weighted by Gasteiger charge is 2.35. The molecule has 8 nitrogen and oxygen atoms in total. The number of amides is 2. The quantitative estimate of drug-likeness (QED) is 0.880. The van der Waals surface area contributed by atoms with Crippen LogP contribution in [0.15, 0.2) is 22.8 Å². The molecule has 0 saturated carbocycles. The van der Waals surface area contributed by atoms with E-state index < -0.39 is 0 Å². The fraction of sp³-hybridized carbons (Fsp3) is 0.529. The van der Waals surface area contributed by atoms with Crippen molar-refractivity contribution in [1.29, 1.82) is 0 Å². The van der Waals surface area contributed by atoms with E-state index in [-0.39, 0.29) is 30.2 Å². The van der Waals surface area contributed by atoms with Gasteiger partial charge < -0.3 is 19.2 Å². The summed E-state index contributed by atoms with van der Waals surface area (Å²) >= 11 is 0. The van der Waals surface area contributed by atoms with E-state index in [2.05, 4.69) is 20.1 Å². The molecule has 0 aromatic carbocycles. The standard InChI is InChI=1S/C17H21N5O3/c1-11-19-20-15-5-4-13(9-22(11)15)18-17(24)12-7-16(23)21(8-12)10-14-3-2-6-25-14/h2-3,6,12-13H,4-5,7-10H2,1H3,(H,18,24)/t12-,13-/m0/s1. The molecular formula is C17H21N5O3. The van der Waals surface area contributed by atoms with Crippen molar-refractivity contribution in [2.75, 3.05) is 6.54 Å². The van der Waals surface area contributed by atoms with E-state index in [1.807, 2.05) is 13.0 Å². The van der Waals surface area contributed by atoms with Crippen LogP contribution in [-0.4, -0.2) is 44.1 Å². The van der Waals surface area contributed by atoms with Gasteiger partial charge in [0.1, 0.15) is 17.4 Å². The van der Waals surface area contributed by atoms with Crippen LogP contribution in [0.1, 0.15) is 30.3 Å². The van der Waals surface area contributed by atoms with Gasteiger partial charge in [-0.15, -0.1) is 10.2 Å². The largest absolute Gasteiger partial charge is 0.467 e. The summed E-state index contributed by atoms with van der Waals surface area (Å²) in [5.74, 6) is 2.23. The summed E-state index contributed by atoms with van der Waals surface area (Å²) in [6.45, 7) is 3.47. The van der Waals surface area contributed by atoms with Crippen molar-refractivity contribution < 1.29 is 14.0 Å². The van der Waals surface area contributed by atoms with Crippen molar-refractivity contribution in [2.45, 2.75) is 45.3 Å². The van der Waals surface area contributed by atoms with Crippen LogP contribution in [0.25, 0.3) is 0 Å². The van der Waals surface area contributed by atoms with E-state index in [9.17, 15) is 9.59 Å². The Labute approximate surface area is 145 Å². The minimum absolute atomic E-state index is 0.00265. The molecule has 0 radical (unpaired) electrons. The first-order chi connectivity index (χ1) is 12.1. The molecule has 1 saturated heterocycles. The van der Waals surface area contributed by atoms with Gasteiger partial charge in [-0.25, -0.2) is 0 Å². The molecule has 4 rings (SSSR count). The number of carbonyl (C=O) groups is 2. The van der Waals surface area contributed by atoms with Gasteiger partial charge in [-0.2, -0.15) is 0 Å². The van der Waals surface area contributed by atoms with Crippen LogP contribution in [0.4, 0.5) is 0 Å². The van der Waals surface area contributed by atoms with Gasteiger partial charge in [0.2, 0.25) is 11.8 Å². The van der Waals surface area contributed by atoms with Gasteiger partial charge in [-0.05, 0) is 25.5 Å². The van der Waals surface area contributed by atoms with E-state index in [4.69, 9.17) is 4.42 Å². The molecule has 1 fully saturated rings. The Balaban J connectivity index is 1.34. The van der Waals surface area contributed by atoms with Crippen molar-refractivity contribution in [1.82, 2.24) is 25.0 Å². The second-order valence-electron chi connectivity index (χ2n) is 6.77. The summed E-state index contributed by atoms with van der Waals surface area (Å²) in [4.78, 5) is 26.4. The molecule has 0 bridgehead atoms. The maximum atomic E-state index is 12.6. The van der Waals surface area contributed by atoms with Crippen molar-refractivity contribution in [2.24, 2.45) is 5.92 Å². The number of hydrogen-bond acceptors (Lipinski definition) is 5. The van der Waals surface area contributed by atoms with Crippen LogP contribution in [0, 0.1) is 12.8 Å². The predicted molar refractivity (Wildman–Crippen MR) is 87.2 cm³/mol. The first kappa shape index (κ1) is 15.9. The Kier molecular flexibility index (Phi) is 4.03. The fourth-order valence-corrected chi connectivity index (χ4v) is 3.59. The third-order valence-electron chi connectivity index (χ3n) is 4.99. The number of fused-ring (bicyclic) bond motifs is 1. The number of aromatic nitrogens is 3. The summed E-state index contributed by atoms with van der Waals surface area (Å²) in [6, 6.07) is 3.69. The van der Waals surface area contributed by atoms with Crippen molar-refractivity contribution in [3.8, 4) is 0 Å². The Bertz CT molecular complexity index is 782. The number of nitrogens with zero attached hydrogens (tertiary/aromatic N) is 4. The third-order valence-corrected chi connectivity index (χ3v) is 4.99. The van der Waals surface area contributed by atoms with Crippen LogP contribution >= 0.6 is 0 Å².